The van der Waals surface area contributed by atoms with Gasteiger partial charge in [-0.3, -0.25) is 4.79 Å². The Hall–Kier alpha value is -1.78. The molecule has 1 heterocycles. The molecule has 106 valence electrons. The number of aromatic nitrogens is 1. The standard InChI is InChI=1S/C14H24N4O/c1-5-9-15-12-7-6-8-13(17-12)18(4)10-14(19)16-11(2)3/h6-8,11H,5,9-10H2,1-4H3,(H,15,17)(H,16,19). The van der Waals surface area contributed by atoms with Crippen molar-refractivity contribution in [3.05, 3.63) is 18.2 Å². The van der Waals surface area contributed by atoms with E-state index in [0.29, 0.717) is 6.54 Å². The molecule has 1 aromatic rings. The normalized spacial score (nSPS) is 10.4. The number of anilines is 2. The van der Waals surface area contributed by atoms with E-state index < -0.39 is 0 Å². The van der Waals surface area contributed by atoms with Gasteiger partial charge in [0.15, 0.2) is 0 Å². The van der Waals surface area contributed by atoms with Crippen LogP contribution < -0.4 is 15.5 Å². The molecule has 0 aliphatic rings. The molecule has 0 unspecified atom stereocenters. The molecule has 0 spiro atoms. The molecule has 19 heavy (non-hydrogen) atoms. The van der Waals surface area contributed by atoms with Gasteiger partial charge in [-0.1, -0.05) is 13.0 Å². The van der Waals surface area contributed by atoms with Crippen molar-refractivity contribution in [1.29, 1.82) is 0 Å². The Kier molecular flexibility index (Phi) is 6.12. The van der Waals surface area contributed by atoms with Crippen LogP contribution >= 0.6 is 0 Å². The SMILES string of the molecule is CCCNc1cccc(N(C)CC(=O)NC(C)C)n1. The van der Waals surface area contributed by atoms with Crippen molar-refractivity contribution in [2.24, 2.45) is 0 Å². The average Bonchev–Trinajstić information content (AvgIpc) is 2.35. The molecular formula is C14H24N4O. The van der Waals surface area contributed by atoms with Crippen LogP contribution in [0.15, 0.2) is 18.2 Å². The molecule has 0 fully saturated rings. The predicted molar refractivity (Wildman–Crippen MR) is 79.6 cm³/mol. The van der Waals surface area contributed by atoms with Gasteiger partial charge in [-0.05, 0) is 32.4 Å². The molecular weight excluding hydrogens is 240 g/mol. The predicted octanol–water partition coefficient (Wildman–Crippen LogP) is 1.86. The Morgan fingerprint density at radius 1 is 1.42 bits per heavy atom. The highest BCUT2D eigenvalue weighted by Gasteiger charge is 2.09. The zero-order valence-electron chi connectivity index (χ0n) is 12.2. The lowest BCUT2D eigenvalue weighted by Crippen LogP contribution is -2.38. The molecule has 0 atom stereocenters. The van der Waals surface area contributed by atoms with Gasteiger partial charge in [0, 0.05) is 19.6 Å². The molecule has 1 aromatic heterocycles. The van der Waals surface area contributed by atoms with Crippen LogP contribution in [0, 0.1) is 0 Å². The summed E-state index contributed by atoms with van der Waals surface area (Å²) >= 11 is 0. The molecule has 0 aromatic carbocycles. The number of nitrogens with one attached hydrogen (secondary N) is 2. The first-order valence-corrected chi connectivity index (χ1v) is 6.74. The van der Waals surface area contributed by atoms with Crippen LogP contribution in [-0.4, -0.2) is 37.1 Å². The van der Waals surface area contributed by atoms with Crippen LogP contribution in [0.1, 0.15) is 27.2 Å². The number of nitrogens with zero attached hydrogens (tertiary/aromatic N) is 2. The van der Waals surface area contributed by atoms with E-state index in [1.807, 2.05) is 44.0 Å². The number of rotatable bonds is 7. The molecule has 5 heteroatoms. The number of carbonyl (C=O) groups excluding carboxylic acids is 1. The van der Waals surface area contributed by atoms with Crippen LogP contribution in [0.25, 0.3) is 0 Å². The molecule has 0 aliphatic heterocycles. The van der Waals surface area contributed by atoms with E-state index in [1.54, 1.807) is 0 Å². The number of carbonyl (C=O) groups is 1. The third-order valence-electron chi connectivity index (χ3n) is 2.51. The fraction of sp³-hybridized carbons (Fsp3) is 0.571. The van der Waals surface area contributed by atoms with Gasteiger partial charge < -0.3 is 15.5 Å². The van der Waals surface area contributed by atoms with E-state index in [4.69, 9.17) is 0 Å². The second-order valence-electron chi connectivity index (χ2n) is 4.89. The maximum absolute atomic E-state index is 11.7. The minimum absolute atomic E-state index is 0.00576. The lowest BCUT2D eigenvalue weighted by Gasteiger charge is -2.19. The topological polar surface area (TPSA) is 57.3 Å². The van der Waals surface area contributed by atoms with Gasteiger partial charge in [0.05, 0.1) is 6.54 Å². The van der Waals surface area contributed by atoms with Crippen molar-refractivity contribution in [3.8, 4) is 0 Å². The van der Waals surface area contributed by atoms with Gasteiger partial charge in [-0.15, -0.1) is 0 Å². The Morgan fingerprint density at radius 2 is 2.16 bits per heavy atom. The fourth-order valence-corrected chi connectivity index (χ4v) is 1.65. The van der Waals surface area contributed by atoms with Crippen molar-refractivity contribution in [3.63, 3.8) is 0 Å². The highest BCUT2D eigenvalue weighted by atomic mass is 16.2. The summed E-state index contributed by atoms with van der Waals surface area (Å²) in [6.07, 6.45) is 1.05. The van der Waals surface area contributed by atoms with Crippen LogP contribution in [0.4, 0.5) is 11.6 Å². The summed E-state index contributed by atoms with van der Waals surface area (Å²) in [6.45, 7) is 7.21. The smallest absolute Gasteiger partial charge is 0.239 e. The molecule has 5 nitrogen and oxygen atoms in total. The number of pyridine rings is 1. The molecule has 0 aliphatic carbocycles. The second kappa shape index (κ2) is 7.61. The van der Waals surface area contributed by atoms with E-state index in [2.05, 4.69) is 22.5 Å². The van der Waals surface area contributed by atoms with Gasteiger partial charge in [0.2, 0.25) is 5.91 Å². The van der Waals surface area contributed by atoms with Gasteiger partial charge in [-0.25, -0.2) is 4.98 Å². The summed E-state index contributed by atoms with van der Waals surface area (Å²) in [7, 11) is 1.87. The van der Waals surface area contributed by atoms with Gasteiger partial charge in [0.1, 0.15) is 11.6 Å². The van der Waals surface area contributed by atoms with E-state index in [9.17, 15) is 4.79 Å². The second-order valence-corrected chi connectivity index (χ2v) is 4.89. The monoisotopic (exact) mass is 264 g/mol. The number of likely N-dealkylation sites (N-methyl/N-ethyl adjacent to an activating group) is 1. The van der Waals surface area contributed by atoms with Crippen LogP contribution in [0.2, 0.25) is 0 Å². The van der Waals surface area contributed by atoms with Crippen molar-refractivity contribution >= 4 is 17.5 Å². The summed E-state index contributed by atoms with van der Waals surface area (Å²) in [5, 5.41) is 6.11. The molecule has 2 N–H and O–H groups in total. The minimum atomic E-state index is 0.00576. The highest BCUT2D eigenvalue weighted by Crippen LogP contribution is 2.12. The van der Waals surface area contributed by atoms with E-state index in [1.165, 1.54) is 0 Å². The zero-order valence-corrected chi connectivity index (χ0v) is 12.2. The van der Waals surface area contributed by atoms with Crippen molar-refractivity contribution < 1.29 is 4.79 Å². The van der Waals surface area contributed by atoms with Crippen LogP contribution in [-0.2, 0) is 4.79 Å². The molecule has 0 radical (unpaired) electrons. The summed E-state index contributed by atoms with van der Waals surface area (Å²) in [4.78, 5) is 18.0. The van der Waals surface area contributed by atoms with E-state index in [0.717, 1.165) is 24.6 Å². The number of hydrogen-bond donors (Lipinski definition) is 2. The van der Waals surface area contributed by atoms with Crippen molar-refractivity contribution in [1.82, 2.24) is 10.3 Å². The number of amides is 1. The Labute approximate surface area is 115 Å². The first-order valence-electron chi connectivity index (χ1n) is 6.74. The first-order chi connectivity index (χ1) is 9.02. The van der Waals surface area contributed by atoms with Crippen LogP contribution in [0.5, 0.6) is 0 Å². The Balaban J connectivity index is 2.60. The summed E-state index contributed by atoms with van der Waals surface area (Å²) in [6, 6.07) is 5.93. The molecule has 1 amide bonds. The maximum atomic E-state index is 11.7. The average molecular weight is 264 g/mol. The molecule has 0 bridgehead atoms. The zero-order chi connectivity index (χ0) is 14.3. The van der Waals surface area contributed by atoms with Crippen molar-refractivity contribution in [2.75, 3.05) is 30.4 Å². The van der Waals surface area contributed by atoms with Crippen molar-refractivity contribution in [2.45, 2.75) is 33.2 Å². The third-order valence-corrected chi connectivity index (χ3v) is 2.51. The molecule has 1 rings (SSSR count). The van der Waals surface area contributed by atoms with Gasteiger partial charge >= 0.3 is 0 Å². The Bertz CT molecular complexity index is 406. The minimum Gasteiger partial charge on any atom is -0.370 e. The largest absolute Gasteiger partial charge is 0.370 e. The summed E-state index contributed by atoms with van der Waals surface area (Å²) < 4.78 is 0. The molecule has 0 saturated heterocycles. The van der Waals surface area contributed by atoms with E-state index in [-0.39, 0.29) is 11.9 Å². The molecule has 0 saturated carbocycles. The quantitative estimate of drug-likeness (QED) is 0.789. The summed E-state index contributed by atoms with van der Waals surface area (Å²) in [5.74, 6) is 1.64. The third kappa shape index (κ3) is 5.59. The Morgan fingerprint density at radius 3 is 2.79 bits per heavy atom. The van der Waals surface area contributed by atoms with E-state index >= 15 is 0 Å². The first kappa shape index (κ1) is 15.3. The lowest BCUT2D eigenvalue weighted by molar-refractivity contribution is -0.120. The highest BCUT2D eigenvalue weighted by molar-refractivity contribution is 5.81. The van der Waals surface area contributed by atoms with Gasteiger partial charge in [-0.2, -0.15) is 0 Å². The summed E-state index contributed by atoms with van der Waals surface area (Å²) in [5.41, 5.74) is 0. The maximum Gasteiger partial charge on any atom is 0.239 e. The lowest BCUT2D eigenvalue weighted by atomic mass is 10.3. The van der Waals surface area contributed by atoms with Crippen LogP contribution in [0.3, 0.4) is 0 Å². The fourth-order valence-electron chi connectivity index (χ4n) is 1.65. The number of hydrogen-bond acceptors (Lipinski definition) is 4. The van der Waals surface area contributed by atoms with Gasteiger partial charge in [0.25, 0.3) is 0 Å².